The van der Waals surface area contributed by atoms with Gasteiger partial charge in [0, 0.05) is 25.9 Å². The van der Waals surface area contributed by atoms with Crippen molar-refractivity contribution in [3.8, 4) is 11.1 Å². The van der Waals surface area contributed by atoms with Gasteiger partial charge in [-0.1, -0.05) is 129 Å². The SMILES string of the molecule is CC(C)CN(CC(CCc1ccccc1)C(=O)O)C(=O)N[C@@](Cc1ccccc1)(Cc1ccc(-c2ccccc2)cc1)C(=O)O. The second-order valence-corrected chi connectivity index (χ2v) is 12.1. The zero-order chi connectivity index (χ0) is 32.2. The van der Waals surface area contributed by atoms with Gasteiger partial charge in [-0.15, -0.1) is 0 Å². The summed E-state index contributed by atoms with van der Waals surface area (Å²) >= 11 is 0. The molecule has 0 aliphatic carbocycles. The lowest BCUT2D eigenvalue weighted by atomic mass is 9.84. The number of carbonyl (C=O) groups is 3. The molecule has 0 bridgehead atoms. The van der Waals surface area contributed by atoms with Crippen LogP contribution in [-0.4, -0.2) is 51.7 Å². The fourth-order valence-corrected chi connectivity index (χ4v) is 5.60. The smallest absolute Gasteiger partial charge is 0.330 e. The van der Waals surface area contributed by atoms with Gasteiger partial charge in [-0.05, 0) is 46.6 Å². The molecule has 4 aromatic rings. The van der Waals surface area contributed by atoms with Crippen LogP contribution in [0.2, 0.25) is 0 Å². The van der Waals surface area contributed by atoms with E-state index in [1.807, 2.05) is 129 Å². The highest BCUT2D eigenvalue weighted by molar-refractivity contribution is 5.87. The molecule has 0 aromatic heterocycles. The molecule has 2 atom stereocenters. The summed E-state index contributed by atoms with van der Waals surface area (Å²) in [6.45, 7) is 4.15. The molecule has 2 amide bonds. The normalized spacial score (nSPS) is 13.0. The molecule has 0 heterocycles. The quantitative estimate of drug-likeness (QED) is 0.136. The Morgan fingerprint density at radius 1 is 0.667 bits per heavy atom. The number of hydrogen-bond donors (Lipinski definition) is 3. The van der Waals surface area contributed by atoms with Crippen LogP contribution in [0, 0.1) is 11.8 Å². The monoisotopic (exact) mass is 606 g/mol. The predicted molar refractivity (Wildman–Crippen MR) is 177 cm³/mol. The molecular formula is C38H42N2O5. The van der Waals surface area contributed by atoms with Crippen LogP contribution >= 0.6 is 0 Å². The topological polar surface area (TPSA) is 107 Å². The highest BCUT2D eigenvalue weighted by atomic mass is 16.4. The first kappa shape index (κ1) is 33.0. The lowest BCUT2D eigenvalue weighted by Crippen LogP contribution is -2.61. The maximum atomic E-state index is 14.0. The number of urea groups is 1. The number of carboxylic acid groups (broad SMARTS) is 2. The number of nitrogens with one attached hydrogen (secondary N) is 1. The van der Waals surface area contributed by atoms with E-state index >= 15 is 0 Å². The Hall–Kier alpha value is -4.91. The van der Waals surface area contributed by atoms with Crippen molar-refractivity contribution in [1.82, 2.24) is 10.2 Å². The molecule has 7 heteroatoms. The Morgan fingerprint density at radius 2 is 1.16 bits per heavy atom. The van der Waals surface area contributed by atoms with Gasteiger partial charge < -0.3 is 20.4 Å². The molecular weight excluding hydrogens is 564 g/mol. The largest absolute Gasteiger partial charge is 0.481 e. The number of aliphatic carboxylic acids is 2. The van der Waals surface area contributed by atoms with Crippen molar-refractivity contribution in [3.63, 3.8) is 0 Å². The molecule has 0 spiro atoms. The van der Waals surface area contributed by atoms with E-state index in [1.54, 1.807) is 0 Å². The van der Waals surface area contributed by atoms with Gasteiger partial charge >= 0.3 is 18.0 Å². The molecule has 0 saturated heterocycles. The first-order valence-corrected chi connectivity index (χ1v) is 15.4. The number of amides is 2. The lowest BCUT2D eigenvalue weighted by Gasteiger charge is -2.35. The molecule has 4 rings (SSSR count). The summed E-state index contributed by atoms with van der Waals surface area (Å²) in [5.74, 6) is -2.92. The van der Waals surface area contributed by atoms with Crippen LogP contribution in [0.1, 0.15) is 37.0 Å². The minimum absolute atomic E-state index is 0.0288. The summed E-state index contributed by atoms with van der Waals surface area (Å²) in [4.78, 5) is 41.0. The van der Waals surface area contributed by atoms with Crippen LogP contribution in [0.15, 0.2) is 115 Å². The summed E-state index contributed by atoms with van der Waals surface area (Å²) in [5.41, 5.74) is 2.93. The van der Waals surface area contributed by atoms with E-state index in [-0.39, 0.29) is 31.8 Å². The summed E-state index contributed by atoms with van der Waals surface area (Å²) in [5, 5.41) is 23.7. The van der Waals surface area contributed by atoms with Gasteiger partial charge in [0.05, 0.1) is 5.92 Å². The van der Waals surface area contributed by atoms with Crippen LogP contribution in [0.4, 0.5) is 4.79 Å². The zero-order valence-electron chi connectivity index (χ0n) is 25.9. The molecule has 0 saturated carbocycles. The van der Waals surface area contributed by atoms with E-state index in [2.05, 4.69) is 5.32 Å². The minimum atomic E-state index is -1.68. The highest BCUT2D eigenvalue weighted by Crippen LogP contribution is 2.25. The molecule has 0 aliphatic heterocycles. The lowest BCUT2D eigenvalue weighted by molar-refractivity contribution is -0.145. The van der Waals surface area contributed by atoms with Crippen LogP contribution in [0.25, 0.3) is 11.1 Å². The Bertz CT molecular complexity index is 1530. The molecule has 1 unspecified atom stereocenters. The fourth-order valence-electron chi connectivity index (χ4n) is 5.60. The first-order valence-electron chi connectivity index (χ1n) is 15.4. The van der Waals surface area contributed by atoms with Crippen molar-refractivity contribution in [2.75, 3.05) is 13.1 Å². The Morgan fingerprint density at radius 3 is 1.67 bits per heavy atom. The third-order valence-corrected chi connectivity index (χ3v) is 7.96. The third-order valence-electron chi connectivity index (χ3n) is 7.96. The summed E-state index contributed by atoms with van der Waals surface area (Å²) in [6, 6.07) is 35.9. The van der Waals surface area contributed by atoms with E-state index in [4.69, 9.17) is 0 Å². The van der Waals surface area contributed by atoms with E-state index in [1.165, 1.54) is 4.90 Å². The van der Waals surface area contributed by atoms with Gasteiger partial charge in [-0.2, -0.15) is 0 Å². The Balaban J connectivity index is 1.61. The Kier molecular flexibility index (Phi) is 11.5. The third kappa shape index (κ3) is 9.54. The maximum absolute atomic E-state index is 14.0. The van der Waals surface area contributed by atoms with Crippen LogP contribution < -0.4 is 5.32 Å². The van der Waals surface area contributed by atoms with Crippen LogP contribution in [-0.2, 0) is 28.9 Å². The Labute approximate surface area is 265 Å². The van der Waals surface area contributed by atoms with E-state index in [0.717, 1.165) is 27.8 Å². The number of nitrogens with zero attached hydrogens (tertiary/aromatic N) is 1. The van der Waals surface area contributed by atoms with Crippen LogP contribution in [0.5, 0.6) is 0 Å². The molecule has 0 fully saturated rings. The average molecular weight is 607 g/mol. The van der Waals surface area contributed by atoms with Crippen molar-refractivity contribution in [2.45, 2.75) is 45.1 Å². The number of carbonyl (C=O) groups excluding carboxylic acids is 1. The average Bonchev–Trinajstić information content (AvgIpc) is 3.03. The van der Waals surface area contributed by atoms with Gasteiger partial charge in [0.25, 0.3) is 0 Å². The highest BCUT2D eigenvalue weighted by Gasteiger charge is 2.42. The molecule has 3 N–H and O–H groups in total. The van der Waals surface area contributed by atoms with Crippen molar-refractivity contribution >= 4 is 18.0 Å². The minimum Gasteiger partial charge on any atom is -0.481 e. The van der Waals surface area contributed by atoms with Gasteiger partial charge in [0.1, 0.15) is 5.54 Å². The van der Waals surface area contributed by atoms with Crippen molar-refractivity contribution in [3.05, 3.63) is 132 Å². The van der Waals surface area contributed by atoms with E-state index < -0.39 is 29.4 Å². The number of rotatable bonds is 15. The van der Waals surface area contributed by atoms with Gasteiger partial charge in [0.15, 0.2) is 0 Å². The second kappa shape index (κ2) is 15.7. The van der Waals surface area contributed by atoms with E-state index in [0.29, 0.717) is 12.8 Å². The van der Waals surface area contributed by atoms with Gasteiger partial charge in [-0.25, -0.2) is 9.59 Å². The molecule has 0 aliphatic rings. The zero-order valence-corrected chi connectivity index (χ0v) is 25.9. The molecule has 0 radical (unpaired) electrons. The van der Waals surface area contributed by atoms with Gasteiger partial charge in [0.2, 0.25) is 0 Å². The van der Waals surface area contributed by atoms with Crippen molar-refractivity contribution in [2.24, 2.45) is 11.8 Å². The predicted octanol–water partition coefficient (Wildman–Crippen LogP) is 6.96. The molecule has 234 valence electrons. The molecule has 7 nitrogen and oxygen atoms in total. The van der Waals surface area contributed by atoms with Crippen LogP contribution in [0.3, 0.4) is 0 Å². The summed E-state index contributed by atoms with van der Waals surface area (Å²) < 4.78 is 0. The number of aryl methyl sites for hydroxylation is 1. The molecule has 45 heavy (non-hydrogen) atoms. The van der Waals surface area contributed by atoms with E-state index in [9.17, 15) is 24.6 Å². The maximum Gasteiger partial charge on any atom is 0.330 e. The number of hydrogen-bond acceptors (Lipinski definition) is 3. The first-order chi connectivity index (χ1) is 21.6. The number of carboxylic acids is 2. The van der Waals surface area contributed by atoms with Gasteiger partial charge in [-0.3, -0.25) is 4.79 Å². The second-order valence-electron chi connectivity index (χ2n) is 12.1. The summed E-state index contributed by atoms with van der Waals surface area (Å²) in [6.07, 6.45) is 1.01. The van der Waals surface area contributed by atoms with Crippen molar-refractivity contribution in [1.29, 1.82) is 0 Å². The van der Waals surface area contributed by atoms with Crippen molar-refractivity contribution < 1.29 is 24.6 Å². The standard InChI is InChI=1S/C38H42N2O5/c1-28(2)26-40(27-34(35(41)42)23-18-29-12-6-3-7-13-29)37(45)39-38(36(43)44,24-30-14-8-4-9-15-30)25-31-19-21-33(22-20-31)32-16-10-5-11-17-32/h3-17,19-22,28,34H,18,23-27H2,1-2H3,(H,39,45)(H,41,42)(H,43,44)/t34?,38-/m0/s1. The molecule has 4 aromatic carbocycles. The summed E-state index contributed by atoms with van der Waals surface area (Å²) in [7, 11) is 0. The fraction of sp³-hybridized carbons (Fsp3) is 0.289. The number of benzene rings is 4.